The lowest BCUT2D eigenvalue weighted by atomic mass is 10.1. The zero-order valence-electron chi connectivity index (χ0n) is 17.1. The van der Waals surface area contributed by atoms with E-state index in [1.54, 1.807) is 27.2 Å². The first-order valence-electron chi connectivity index (χ1n) is 8.97. The van der Waals surface area contributed by atoms with Crippen LogP contribution in [0.5, 0.6) is 17.2 Å². The topological polar surface area (TPSA) is 104 Å². The zero-order valence-corrected chi connectivity index (χ0v) is 17.1. The number of non-ortho nitro benzene ring substituents is 1. The summed E-state index contributed by atoms with van der Waals surface area (Å²) in [5, 5.41) is 13.7. The van der Waals surface area contributed by atoms with E-state index < -0.39 is 11.0 Å². The number of nitro benzene ring substituents is 1. The molecule has 0 fully saturated rings. The van der Waals surface area contributed by atoms with Crippen molar-refractivity contribution < 1.29 is 28.8 Å². The maximum atomic E-state index is 12.7. The molecule has 0 aliphatic rings. The number of anilines is 1. The van der Waals surface area contributed by atoms with Crippen molar-refractivity contribution in [1.29, 1.82) is 0 Å². The third-order valence-electron chi connectivity index (χ3n) is 4.75. The molecule has 0 saturated heterocycles. The molecule has 0 bridgehead atoms. The second kappa shape index (κ2) is 9.74. The summed E-state index contributed by atoms with van der Waals surface area (Å²) in [6, 6.07) is 9.15. The molecule has 1 amide bonds. The molecule has 0 heterocycles. The van der Waals surface area contributed by atoms with Crippen LogP contribution in [0.2, 0.25) is 0 Å². The van der Waals surface area contributed by atoms with Crippen LogP contribution in [0.25, 0.3) is 0 Å². The van der Waals surface area contributed by atoms with Gasteiger partial charge in [-0.1, -0.05) is 0 Å². The van der Waals surface area contributed by atoms with Crippen molar-refractivity contribution in [2.45, 2.75) is 19.5 Å². The van der Waals surface area contributed by atoms with Gasteiger partial charge in [-0.05, 0) is 25.1 Å². The number of nitrogens with one attached hydrogen (secondary N) is 2. The van der Waals surface area contributed by atoms with E-state index in [1.165, 1.54) is 25.3 Å². The van der Waals surface area contributed by atoms with Crippen molar-refractivity contribution in [3.8, 4) is 17.2 Å². The van der Waals surface area contributed by atoms with Gasteiger partial charge in [0.05, 0.1) is 39.0 Å². The zero-order chi connectivity index (χ0) is 21.6. The number of amides is 1. The minimum Gasteiger partial charge on any atom is -0.497 e. The maximum Gasteiger partial charge on any atom is 0.282 e. The van der Waals surface area contributed by atoms with Gasteiger partial charge < -0.3 is 24.4 Å². The molecule has 156 valence electrons. The van der Waals surface area contributed by atoms with Crippen LogP contribution in [0.3, 0.4) is 0 Å². The molecule has 2 aromatic rings. The van der Waals surface area contributed by atoms with Gasteiger partial charge >= 0.3 is 0 Å². The fourth-order valence-corrected chi connectivity index (χ4v) is 2.82. The maximum absolute atomic E-state index is 12.7. The van der Waals surface area contributed by atoms with Crippen LogP contribution in [-0.2, 0) is 11.3 Å². The molecule has 0 spiro atoms. The van der Waals surface area contributed by atoms with Gasteiger partial charge in [0, 0.05) is 23.8 Å². The molecule has 0 radical (unpaired) electrons. The van der Waals surface area contributed by atoms with Gasteiger partial charge in [0.15, 0.2) is 6.04 Å². The van der Waals surface area contributed by atoms with E-state index in [9.17, 15) is 14.9 Å². The predicted octanol–water partition coefficient (Wildman–Crippen LogP) is 1.66. The summed E-state index contributed by atoms with van der Waals surface area (Å²) >= 11 is 0. The average molecular weight is 404 g/mol. The van der Waals surface area contributed by atoms with E-state index in [1.807, 2.05) is 19.2 Å². The Morgan fingerprint density at radius 3 is 2.38 bits per heavy atom. The number of carbonyl (C=O) groups excluding carboxylic acids is 1. The van der Waals surface area contributed by atoms with E-state index in [4.69, 9.17) is 14.2 Å². The molecule has 2 aromatic carbocycles. The molecular formula is C20H26N3O6+. The number of likely N-dealkylation sites (N-methyl/N-ethyl adjacent to an activating group) is 1. The van der Waals surface area contributed by atoms with Gasteiger partial charge in [0.2, 0.25) is 0 Å². The summed E-state index contributed by atoms with van der Waals surface area (Å²) in [7, 11) is 6.49. The first-order chi connectivity index (χ1) is 13.8. The van der Waals surface area contributed by atoms with E-state index in [0.717, 1.165) is 10.5 Å². The second-order valence-electron chi connectivity index (χ2n) is 6.55. The van der Waals surface area contributed by atoms with Crippen LogP contribution in [0.1, 0.15) is 12.5 Å². The number of quaternary nitrogens is 1. The summed E-state index contributed by atoms with van der Waals surface area (Å²) in [4.78, 5) is 24.1. The highest BCUT2D eigenvalue weighted by atomic mass is 16.6. The molecule has 29 heavy (non-hydrogen) atoms. The smallest absolute Gasteiger partial charge is 0.282 e. The van der Waals surface area contributed by atoms with Crippen LogP contribution >= 0.6 is 0 Å². The fraction of sp³-hybridized carbons (Fsp3) is 0.350. The number of benzene rings is 2. The Kier molecular flexibility index (Phi) is 7.38. The fourth-order valence-electron chi connectivity index (χ4n) is 2.82. The van der Waals surface area contributed by atoms with Crippen molar-refractivity contribution in [1.82, 2.24) is 0 Å². The number of methoxy groups -OCH3 is 3. The number of rotatable bonds is 9. The number of hydrogen-bond donors (Lipinski definition) is 2. The molecule has 9 nitrogen and oxygen atoms in total. The van der Waals surface area contributed by atoms with Crippen molar-refractivity contribution in [3.63, 3.8) is 0 Å². The SMILES string of the molecule is COc1ccc(C[NH+](C)[C@H](C)C(=O)Nc2cc([N+](=O)[O-])ccc2OC)c(OC)c1. The van der Waals surface area contributed by atoms with Gasteiger partial charge in [-0.2, -0.15) is 0 Å². The minimum absolute atomic E-state index is 0.127. The van der Waals surface area contributed by atoms with Gasteiger partial charge in [-0.15, -0.1) is 0 Å². The van der Waals surface area contributed by atoms with Gasteiger partial charge in [-0.3, -0.25) is 14.9 Å². The van der Waals surface area contributed by atoms with Crippen LogP contribution in [0.15, 0.2) is 36.4 Å². The molecule has 9 heteroatoms. The molecule has 0 saturated carbocycles. The standard InChI is InChI=1S/C20H25N3O6/c1-13(22(2)12-14-6-8-16(27-3)11-19(14)29-5)20(24)21-17-10-15(23(25)26)7-9-18(17)28-4/h6-11,13H,12H2,1-5H3,(H,21,24)/p+1/t13-/m1/s1. The summed E-state index contributed by atoms with van der Waals surface area (Å²) in [6.07, 6.45) is 0. The van der Waals surface area contributed by atoms with E-state index >= 15 is 0 Å². The molecule has 0 aliphatic heterocycles. The third-order valence-corrected chi connectivity index (χ3v) is 4.75. The molecule has 0 aliphatic carbocycles. The number of nitro groups is 1. The van der Waals surface area contributed by atoms with E-state index in [-0.39, 0.29) is 17.3 Å². The first kappa shape index (κ1) is 22.0. The lowest BCUT2D eigenvalue weighted by Crippen LogP contribution is -3.12. The number of carbonyl (C=O) groups is 1. The Balaban J connectivity index is 2.14. The summed E-state index contributed by atoms with van der Waals surface area (Å²) in [5.41, 5.74) is 1.06. The molecule has 2 atom stereocenters. The first-order valence-corrected chi connectivity index (χ1v) is 8.97. The Morgan fingerprint density at radius 1 is 1.10 bits per heavy atom. The van der Waals surface area contributed by atoms with E-state index in [0.29, 0.717) is 23.8 Å². The van der Waals surface area contributed by atoms with Crippen molar-refractivity contribution in [2.75, 3.05) is 33.7 Å². The monoisotopic (exact) mass is 404 g/mol. The van der Waals surface area contributed by atoms with Crippen molar-refractivity contribution in [2.24, 2.45) is 0 Å². The number of ether oxygens (including phenoxy) is 3. The molecule has 2 rings (SSSR count). The van der Waals surface area contributed by atoms with Crippen molar-refractivity contribution in [3.05, 3.63) is 52.1 Å². The Bertz CT molecular complexity index is 887. The highest BCUT2D eigenvalue weighted by molar-refractivity contribution is 5.95. The number of nitrogens with zero attached hydrogens (tertiary/aromatic N) is 1. The summed E-state index contributed by atoms with van der Waals surface area (Å²) < 4.78 is 15.8. The normalized spacial score (nSPS) is 12.6. The summed E-state index contributed by atoms with van der Waals surface area (Å²) in [5.74, 6) is 1.43. The lowest BCUT2D eigenvalue weighted by Gasteiger charge is -2.22. The minimum atomic E-state index is -0.522. The summed E-state index contributed by atoms with van der Waals surface area (Å²) in [6.45, 7) is 2.32. The highest BCUT2D eigenvalue weighted by Crippen LogP contribution is 2.29. The van der Waals surface area contributed by atoms with Crippen LogP contribution in [0, 0.1) is 10.1 Å². The molecule has 1 unspecified atom stereocenters. The van der Waals surface area contributed by atoms with Crippen LogP contribution in [0.4, 0.5) is 11.4 Å². The molecular weight excluding hydrogens is 378 g/mol. The van der Waals surface area contributed by atoms with Gasteiger partial charge in [0.25, 0.3) is 11.6 Å². The van der Waals surface area contributed by atoms with E-state index in [2.05, 4.69) is 5.32 Å². The van der Waals surface area contributed by atoms with Crippen molar-refractivity contribution >= 4 is 17.3 Å². The Morgan fingerprint density at radius 2 is 1.79 bits per heavy atom. The highest BCUT2D eigenvalue weighted by Gasteiger charge is 2.25. The van der Waals surface area contributed by atoms with Crippen LogP contribution < -0.4 is 24.4 Å². The second-order valence-corrected chi connectivity index (χ2v) is 6.55. The Labute approximate surface area is 169 Å². The average Bonchev–Trinajstić information content (AvgIpc) is 2.73. The van der Waals surface area contributed by atoms with Crippen LogP contribution in [-0.4, -0.2) is 45.2 Å². The van der Waals surface area contributed by atoms with Gasteiger partial charge in [0.1, 0.15) is 23.8 Å². The van der Waals surface area contributed by atoms with Gasteiger partial charge in [-0.25, -0.2) is 0 Å². The number of hydrogen-bond acceptors (Lipinski definition) is 6. The quantitative estimate of drug-likeness (QED) is 0.487. The molecule has 0 aromatic heterocycles. The Hall–Kier alpha value is -3.33. The molecule has 2 N–H and O–H groups in total. The third kappa shape index (κ3) is 5.35. The predicted molar refractivity (Wildman–Crippen MR) is 108 cm³/mol. The lowest BCUT2D eigenvalue weighted by molar-refractivity contribution is -0.907. The largest absolute Gasteiger partial charge is 0.497 e.